The standard InChI is InChI=1S/C43H29N3S/c1-3-11-28(12-4-1)29-19-21-30(22-20-29)37-27-38(46-43(45-37)33-13-5-2-6-14-33)31-23-25-32(26-24-31)41-42-40(34-15-7-9-17-36(34)44-41)35-16-8-10-18-39(35)47-42/h1-13,15-27,33H,14H2. The van der Waals surface area contributed by atoms with Crippen molar-refractivity contribution in [1.29, 1.82) is 0 Å². The molecule has 0 spiro atoms. The van der Waals surface area contributed by atoms with Crippen LogP contribution in [0.4, 0.5) is 0 Å². The Labute approximate surface area is 277 Å². The summed E-state index contributed by atoms with van der Waals surface area (Å²) in [5.74, 6) is 0.988. The average molecular weight is 620 g/mol. The molecular weight excluding hydrogens is 591 g/mol. The highest BCUT2D eigenvalue weighted by molar-refractivity contribution is 7.26. The first-order valence-corrected chi connectivity index (χ1v) is 16.8. The first-order chi connectivity index (χ1) is 23.3. The van der Waals surface area contributed by atoms with Crippen LogP contribution in [0.5, 0.6) is 0 Å². The summed E-state index contributed by atoms with van der Waals surface area (Å²) in [5, 5.41) is 3.77. The SMILES string of the molecule is C1=CCC(c2nc(-c3ccc(-c4ccccc4)cc3)cc(-c3ccc(-c4nc5ccccc5c5c4sc4ccccc45)cc3)n2)C=C1. The molecule has 0 saturated heterocycles. The molecule has 3 nitrogen and oxygen atoms in total. The summed E-state index contributed by atoms with van der Waals surface area (Å²) in [6, 6.07) is 47.2. The molecule has 3 heterocycles. The maximum Gasteiger partial charge on any atom is 0.136 e. The molecule has 5 aromatic carbocycles. The summed E-state index contributed by atoms with van der Waals surface area (Å²) in [6.45, 7) is 0. The van der Waals surface area contributed by atoms with Gasteiger partial charge in [-0.15, -0.1) is 11.3 Å². The van der Waals surface area contributed by atoms with Crippen LogP contribution in [-0.2, 0) is 0 Å². The lowest BCUT2D eigenvalue weighted by molar-refractivity contribution is 0.775. The second kappa shape index (κ2) is 11.6. The molecule has 0 radical (unpaired) electrons. The van der Waals surface area contributed by atoms with E-state index >= 15 is 0 Å². The molecule has 0 fully saturated rings. The topological polar surface area (TPSA) is 38.7 Å². The van der Waals surface area contributed by atoms with E-state index in [-0.39, 0.29) is 5.92 Å². The van der Waals surface area contributed by atoms with E-state index in [0.717, 1.165) is 51.5 Å². The fourth-order valence-corrected chi connectivity index (χ4v) is 7.82. The van der Waals surface area contributed by atoms with Gasteiger partial charge >= 0.3 is 0 Å². The lowest BCUT2D eigenvalue weighted by Gasteiger charge is -2.15. The van der Waals surface area contributed by atoms with Gasteiger partial charge in [-0.3, -0.25) is 0 Å². The molecule has 1 aliphatic carbocycles. The summed E-state index contributed by atoms with van der Waals surface area (Å²) < 4.78 is 2.50. The van der Waals surface area contributed by atoms with Crippen LogP contribution >= 0.6 is 11.3 Å². The molecule has 1 atom stereocenters. The van der Waals surface area contributed by atoms with Gasteiger partial charge in [0.05, 0.1) is 27.3 Å². The number of pyridine rings is 1. The van der Waals surface area contributed by atoms with Crippen LogP contribution < -0.4 is 0 Å². The Morgan fingerprint density at radius 1 is 0.532 bits per heavy atom. The van der Waals surface area contributed by atoms with Crippen LogP contribution in [0.25, 0.3) is 76.0 Å². The number of rotatable bonds is 5. The Bertz CT molecular complexity index is 2470. The minimum atomic E-state index is 0.143. The predicted octanol–water partition coefficient (Wildman–Crippen LogP) is 11.7. The molecule has 1 aliphatic rings. The minimum absolute atomic E-state index is 0.143. The third-order valence-corrected chi connectivity index (χ3v) is 10.2. The van der Waals surface area contributed by atoms with Crippen molar-refractivity contribution in [3.63, 3.8) is 0 Å². The Hall–Kier alpha value is -5.71. The van der Waals surface area contributed by atoms with Gasteiger partial charge in [0.2, 0.25) is 0 Å². The molecule has 3 aromatic heterocycles. The number of hydrogen-bond acceptors (Lipinski definition) is 4. The Balaban J connectivity index is 1.14. The molecular formula is C43H29N3S. The number of thiophene rings is 1. The first kappa shape index (κ1) is 27.6. The van der Waals surface area contributed by atoms with Gasteiger partial charge in [-0.25, -0.2) is 15.0 Å². The quantitative estimate of drug-likeness (QED) is 0.192. The summed E-state index contributed by atoms with van der Waals surface area (Å²) in [7, 11) is 0. The van der Waals surface area contributed by atoms with E-state index in [4.69, 9.17) is 15.0 Å². The van der Waals surface area contributed by atoms with Crippen LogP contribution in [0.15, 0.2) is 158 Å². The molecule has 1 unspecified atom stereocenters. The second-order valence-corrected chi connectivity index (χ2v) is 13.0. The van der Waals surface area contributed by atoms with E-state index < -0.39 is 0 Å². The minimum Gasteiger partial charge on any atom is -0.246 e. The van der Waals surface area contributed by atoms with Crippen LogP contribution in [0.1, 0.15) is 18.2 Å². The average Bonchev–Trinajstić information content (AvgIpc) is 3.55. The van der Waals surface area contributed by atoms with Gasteiger partial charge in [0.25, 0.3) is 0 Å². The van der Waals surface area contributed by atoms with Gasteiger partial charge in [-0.05, 0) is 35.7 Å². The highest BCUT2D eigenvalue weighted by atomic mass is 32.1. The maximum absolute atomic E-state index is 5.20. The summed E-state index contributed by atoms with van der Waals surface area (Å²) in [6.07, 6.45) is 9.47. The van der Waals surface area contributed by atoms with Crippen molar-refractivity contribution in [2.24, 2.45) is 0 Å². The molecule has 0 N–H and O–H groups in total. The van der Waals surface area contributed by atoms with Crippen molar-refractivity contribution in [2.45, 2.75) is 12.3 Å². The Morgan fingerprint density at radius 3 is 1.87 bits per heavy atom. The van der Waals surface area contributed by atoms with Gasteiger partial charge in [-0.1, -0.05) is 140 Å². The van der Waals surface area contributed by atoms with E-state index in [1.165, 1.54) is 36.7 Å². The molecule has 222 valence electrons. The number of aromatic nitrogens is 3. The van der Waals surface area contributed by atoms with E-state index in [0.29, 0.717) is 0 Å². The Morgan fingerprint density at radius 2 is 1.15 bits per heavy atom. The third kappa shape index (κ3) is 5.04. The maximum atomic E-state index is 5.20. The number of benzene rings is 5. The molecule has 0 bridgehead atoms. The summed E-state index contributed by atoms with van der Waals surface area (Å²) in [5.41, 5.74) is 9.52. The smallest absolute Gasteiger partial charge is 0.136 e. The number of hydrogen-bond donors (Lipinski definition) is 0. The lowest BCUT2D eigenvalue weighted by atomic mass is 9.98. The molecule has 4 heteroatoms. The van der Waals surface area contributed by atoms with Crippen LogP contribution in [0, 0.1) is 0 Å². The van der Waals surface area contributed by atoms with Crippen molar-refractivity contribution in [1.82, 2.24) is 15.0 Å². The van der Waals surface area contributed by atoms with Crippen LogP contribution in [0.2, 0.25) is 0 Å². The van der Waals surface area contributed by atoms with Crippen molar-refractivity contribution >= 4 is 42.4 Å². The van der Waals surface area contributed by atoms with E-state index in [1.807, 2.05) is 17.4 Å². The predicted molar refractivity (Wildman–Crippen MR) is 198 cm³/mol. The zero-order valence-corrected chi connectivity index (χ0v) is 26.4. The van der Waals surface area contributed by atoms with Gasteiger partial charge in [0.15, 0.2) is 0 Å². The van der Waals surface area contributed by atoms with Crippen molar-refractivity contribution < 1.29 is 0 Å². The summed E-state index contributed by atoms with van der Waals surface area (Å²) in [4.78, 5) is 15.4. The highest BCUT2D eigenvalue weighted by Gasteiger charge is 2.18. The number of para-hydroxylation sites is 1. The molecule has 0 saturated carbocycles. The van der Waals surface area contributed by atoms with Crippen LogP contribution in [-0.4, -0.2) is 15.0 Å². The summed E-state index contributed by atoms with van der Waals surface area (Å²) >= 11 is 1.82. The molecule has 0 amide bonds. The van der Waals surface area contributed by atoms with Crippen molar-refractivity contribution in [2.75, 3.05) is 0 Å². The number of allylic oxidation sites excluding steroid dienone is 4. The largest absolute Gasteiger partial charge is 0.246 e. The highest BCUT2D eigenvalue weighted by Crippen LogP contribution is 2.43. The number of fused-ring (bicyclic) bond motifs is 5. The zero-order chi connectivity index (χ0) is 31.2. The van der Waals surface area contributed by atoms with Gasteiger partial charge in [0.1, 0.15) is 5.82 Å². The lowest BCUT2D eigenvalue weighted by Crippen LogP contribution is -2.05. The van der Waals surface area contributed by atoms with Crippen LogP contribution in [0.3, 0.4) is 0 Å². The van der Waals surface area contributed by atoms with E-state index in [9.17, 15) is 0 Å². The number of nitrogens with zero attached hydrogens (tertiary/aromatic N) is 3. The molecule has 8 aromatic rings. The third-order valence-electron chi connectivity index (χ3n) is 9.01. The van der Waals surface area contributed by atoms with Crippen molar-refractivity contribution in [3.8, 4) is 44.9 Å². The van der Waals surface area contributed by atoms with Crippen molar-refractivity contribution in [3.05, 3.63) is 164 Å². The fourth-order valence-electron chi connectivity index (χ4n) is 6.59. The molecule has 47 heavy (non-hydrogen) atoms. The molecule has 0 aliphatic heterocycles. The normalized spacial score (nSPS) is 14.3. The second-order valence-electron chi connectivity index (χ2n) is 12.0. The fraction of sp³-hybridized carbons (Fsp3) is 0.0465. The van der Waals surface area contributed by atoms with E-state index in [2.05, 4.69) is 152 Å². The first-order valence-electron chi connectivity index (χ1n) is 16.0. The van der Waals surface area contributed by atoms with E-state index in [1.54, 1.807) is 0 Å². The molecule has 9 rings (SSSR count). The monoisotopic (exact) mass is 619 g/mol. The van der Waals surface area contributed by atoms with Gasteiger partial charge < -0.3 is 0 Å². The van der Waals surface area contributed by atoms with Gasteiger partial charge in [0, 0.05) is 43.5 Å². The Kier molecular flexibility index (Phi) is 6.80. The zero-order valence-electron chi connectivity index (χ0n) is 25.5. The van der Waals surface area contributed by atoms with Gasteiger partial charge in [-0.2, -0.15) is 0 Å².